The topological polar surface area (TPSA) is 26.7 Å². The molecule has 0 bridgehead atoms. The van der Waals surface area contributed by atoms with E-state index in [0.29, 0.717) is 5.75 Å². The number of likely N-dealkylation sites (N-methyl/N-ethyl adjacent to an activating group) is 1. The van der Waals surface area contributed by atoms with E-state index in [0.717, 1.165) is 30.8 Å². The molecule has 1 aromatic carbocycles. The number of aromatic hydroxyl groups is 1. The summed E-state index contributed by atoms with van der Waals surface area (Å²) in [4.78, 5) is 4.87. The minimum absolute atomic E-state index is 0.187. The molecule has 106 valence electrons. The first-order chi connectivity index (χ1) is 8.81. The van der Waals surface area contributed by atoms with E-state index in [1.54, 1.807) is 0 Å². The Kier molecular flexibility index (Phi) is 3.88. The fourth-order valence-corrected chi connectivity index (χ4v) is 2.81. The predicted octanol–water partition coefficient (Wildman–Crippen LogP) is 2.79. The van der Waals surface area contributed by atoms with Crippen LogP contribution >= 0.6 is 0 Å². The van der Waals surface area contributed by atoms with Crippen molar-refractivity contribution in [2.45, 2.75) is 39.3 Å². The number of benzene rings is 1. The van der Waals surface area contributed by atoms with E-state index in [4.69, 9.17) is 0 Å². The van der Waals surface area contributed by atoms with Crippen LogP contribution in [0.25, 0.3) is 0 Å². The predicted molar refractivity (Wildman–Crippen MR) is 79.5 cm³/mol. The SMILES string of the molecule is Cc1ccc(C(C)N2CCN(C)C(C)(C)C2)c(O)c1. The Morgan fingerprint density at radius 2 is 1.95 bits per heavy atom. The molecule has 1 atom stereocenters. The van der Waals surface area contributed by atoms with Gasteiger partial charge >= 0.3 is 0 Å². The van der Waals surface area contributed by atoms with Gasteiger partial charge in [0.25, 0.3) is 0 Å². The molecule has 1 saturated heterocycles. The van der Waals surface area contributed by atoms with Gasteiger partial charge in [0.1, 0.15) is 5.75 Å². The Morgan fingerprint density at radius 1 is 1.26 bits per heavy atom. The first-order valence-corrected chi connectivity index (χ1v) is 7.06. The van der Waals surface area contributed by atoms with E-state index in [1.807, 2.05) is 13.0 Å². The van der Waals surface area contributed by atoms with Crippen molar-refractivity contribution in [3.8, 4) is 5.75 Å². The van der Waals surface area contributed by atoms with E-state index >= 15 is 0 Å². The minimum atomic E-state index is 0.187. The summed E-state index contributed by atoms with van der Waals surface area (Å²) in [5.41, 5.74) is 2.32. The summed E-state index contributed by atoms with van der Waals surface area (Å²) in [5.74, 6) is 0.421. The van der Waals surface area contributed by atoms with Crippen LogP contribution in [0.4, 0.5) is 0 Å². The average Bonchev–Trinajstić information content (AvgIpc) is 2.32. The second-order valence-electron chi connectivity index (χ2n) is 6.44. The normalized spacial score (nSPS) is 22.4. The maximum absolute atomic E-state index is 10.1. The van der Waals surface area contributed by atoms with Crippen LogP contribution in [-0.2, 0) is 0 Å². The number of nitrogens with zero attached hydrogens (tertiary/aromatic N) is 2. The Hall–Kier alpha value is -1.06. The summed E-state index contributed by atoms with van der Waals surface area (Å²) in [6, 6.07) is 6.24. The van der Waals surface area contributed by atoms with Crippen LogP contribution in [0.3, 0.4) is 0 Å². The van der Waals surface area contributed by atoms with Crippen molar-refractivity contribution in [1.29, 1.82) is 0 Å². The highest BCUT2D eigenvalue weighted by Crippen LogP contribution is 2.32. The summed E-state index contributed by atoms with van der Waals surface area (Å²) < 4.78 is 0. The molecule has 3 nitrogen and oxygen atoms in total. The van der Waals surface area contributed by atoms with E-state index in [2.05, 4.69) is 49.8 Å². The van der Waals surface area contributed by atoms with Crippen LogP contribution in [-0.4, -0.2) is 47.1 Å². The second kappa shape index (κ2) is 5.14. The van der Waals surface area contributed by atoms with Gasteiger partial charge in [-0.25, -0.2) is 0 Å². The molecule has 3 heteroatoms. The molecule has 1 heterocycles. The standard InChI is InChI=1S/C16H26N2O/c1-12-6-7-14(15(19)10-12)13(2)18-9-8-17(5)16(3,4)11-18/h6-7,10,13,19H,8-9,11H2,1-5H3. The summed E-state index contributed by atoms with van der Waals surface area (Å²) >= 11 is 0. The zero-order chi connectivity index (χ0) is 14.2. The number of phenolic OH excluding ortho intramolecular Hbond substituents is 1. The van der Waals surface area contributed by atoms with Crippen LogP contribution < -0.4 is 0 Å². The van der Waals surface area contributed by atoms with Crippen molar-refractivity contribution in [2.75, 3.05) is 26.7 Å². The van der Waals surface area contributed by atoms with Crippen molar-refractivity contribution >= 4 is 0 Å². The lowest BCUT2D eigenvalue weighted by Crippen LogP contribution is -2.57. The Morgan fingerprint density at radius 3 is 2.53 bits per heavy atom. The maximum atomic E-state index is 10.1. The van der Waals surface area contributed by atoms with Crippen molar-refractivity contribution in [3.05, 3.63) is 29.3 Å². The van der Waals surface area contributed by atoms with Gasteiger partial charge in [0, 0.05) is 36.8 Å². The molecule has 1 aliphatic rings. The second-order valence-corrected chi connectivity index (χ2v) is 6.44. The Bertz CT molecular complexity index is 456. The first-order valence-electron chi connectivity index (χ1n) is 7.06. The summed E-state index contributed by atoms with van der Waals surface area (Å²) in [7, 11) is 2.19. The van der Waals surface area contributed by atoms with Crippen molar-refractivity contribution < 1.29 is 5.11 Å². The fourth-order valence-electron chi connectivity index (χ4n) is 2.81. The van der Waals surface area contributed by atoms with Gasteiger partial charge in [0.2, 0.25) is 0 Å². The van der Waals surface area contributed by atoms with Gasteiger partial charge in [-0.1, -0.05) is 12.1 Å². The van der Waals surface area contributed by atoms with Gasteiger partial charge in [-0.05, 0) is 46.4 Å². The zero-order valence-electron chi connectivity index (χ0n) is 12.8. The van der Waals surface area contributed by atoms with Gasteiger partial charge in [0.15, 0.2) is 0 Å². The van der Waals surface area contributed by atoms with Crippen LogP contribution in [0.15, 0.2) is 18.2 Å². The van der Waals surface area contributed by atoms with Crippen LogP contribution in [0.5, 0.6) is 5.75 Å². The molecule has 1 unspecified atom stereocenters. The highest BCUT2D eigenvalue weighted by Gasteiger charge is 2.33. The third kappa shape index (κ3) is 2.93. The van der Waals surface area contributed by atoms with E-state index in [1.165, 1.54) is 0 Å². The molecule has 0 radical (unpaired) electrons. The molecular formula is C16H26N2O. The average molecular weight is 262 g/mol. The number of piperazine rings is 1. The highest BCUT2D eigenvalue weighted by molar-refractivity contribution is 5.38. The molecule has 1 aliphatic heterocycles. The lowest BCUT2D eigenvalue weighted by Gasteiger charge is -2.47. The molecular weight excluding hydrogens is 236 g/mol. The molecule has 19 heavy (non-hydrogen) atoms. The number of phenols is 1. The third-order valence-corrected chi connectivity index (χ3v) is 4.53. The fraction of sp³-hybridized carbons (Fsp3) is 0.625. The van der Waals surface area contributed by atoms with Gasteiger partial charge in [-0.3, -0.25) is 9.80 Å². The van der Waals surface area contributed by atoms with Crippen molar-refractivity contribution in [1.82, 2.24) is 9.80 Å². The van der Waals surface area contributed by atoms with Gasteiger partial charge in [0.05, 0.1) is 0 Å². The lowest BCUT2D eigenvalue weighted by molar-refractivity contribution is 0.0197. The Labute approximate surface area is 116 Å². The molecule has 1 aromatic rings. The number of hydrogen-bond acceptors (Lipinski definition) is 3. The molecule has 0 amide bonds. The molecule has 0 aromatic heterocycles. The first kappa shape index (κ1) is 14.4. The van der Waals surface area contributed by atoms with Crippen LogP contribution in [0.1, 0.15) is 37.9 Å². The van der Waals surface area contributed by atoms with Crippen molar-refractivity contribution in [3.63, 3.8) is 0 Å². The lowest BCUT2D eigenvalue weighted by atomic mass is 9.96. The largest absolute Gasteiger partial charge is 0.508 e. The van der Waals surface area contributed by atoms with Gasteiger partial charge in [-0.15, -0.1) is 0 Å². The van der Waals surface area contributed by atoms with E-state index in [9.17, 15) is 5.11 Å². The van der Waals surface area contributed by atoms with Crippen molar-refractivity contribution in [2.24, 2.45) is 0 Å². The van der Waals surface area contributed by atoms with Crippen LogP contribution in [0.2, 0.25) is 0 Å². The molecule has 0 spiro atoms. The smallest absolute Gasteiger partial charge is 0.120 e. The van der Waals surface area contributed by atoms with E-state index < -0.39 is 0 Å². The molecule has 1 N–H and O–H groups in total. The molecule has 0 aliphatic carbocycles. The number of rotatable bonds is 2. The summed E-state index contributed by atoms with van der Waals surface area (Å²) in [6.45, 7) is 11.9. The summed E-state index contributed by atoms with van der Waals surface area (Å²) in [6.07, 6.45) is 0. The van der Waals surface area contributed by atoms with Gasteiger partial charge in [-0.2, -0.15) is 0 Å². The highest BCUT2D eigenvalue weighted by atomic mass is 16.3. The monoisotopic (exact) mass is 262 g/mol. The quantitative estimate of drug-likeness (QED) is 0.888. The third-order valence-electron chi connectivity index (χ3n) is 4.53. The Balaban J connectivity index is 2.18. The maximum Gasteiger partial charge on any atom is 0.120 e. The summed E-state index contributed by atoms with van der Waals surface area (Å²) in [5, 5.41) is 10.1. The van der Waals surface area contributed by atoms with Crippen LogP contribution in [0, 0.1) is 6.92 Å². The van der Waals surface area contributed by atoms with Gasteiger partial charge < -0.3 is 5.11 Å². The molecule has 2 rings (SSSR count). The molecule has 1 fully saturated rings. The van der Waals surface area contributed by atoms with E-state index in [-0.39, 0.29) is 11.6 Å². The number of hydrogen-bond donors (Lipinski definition) is 1. The minimum Gasteiger partial charge on any atom is -0.508 e. The zero-order valence-corrected chi connectivity index (χ0v) is 12.8. The number of aryl methyl sites for hydroxylation is 1. The molecule has 0 saturated carbocycles.